The SMILES string of the molecule is CNc1cc(-c2ccnc(-c3ccnc(NC(C)=O)c3)c2)c(C)cc1F.O=Cc1ccnc(C(F)(F)F)c1. The number of nitrogens with one attached hydrogen (secondary N) is 2. The number of hydrogen-bond donors (Lipinski definition) is 2. The van der Waals surface area contributed by atoms with Crippen LogP contribution in [0.4, 0.5) is 29.1 Å². The number of aryl methyl sites for hydroxylation is 1. The monoisotopic (exact) mass is 525 g/mol. The first kappa shape index (κ1) is 27.9. The van der Waals surface area contributed by atoms with Gasteiger partial charge in [0.05, 0.1) is 11.4 Å². The van der Waals surface area contributed by atoms with E-state index in [1.54, 1.807) is 31.6 Å². The Hall–Kier alpha value is -4.67. The molecule has 1 amide bonds. The van der Waals surface area contributed by atoms with E-state index in [1.165, 1.54) is 19.1 Å². The van der Waals surface area contributed by atoms with Crippen LogP contribution in [-0.4, -0.2) is 34.2 Å². The van der Waals surface area contributed by atoms with Gasteiger partial charge < -0.3 is 10.6 Å². The molecule has 7 nitrogen and oxygen atoms in total. The Morgan fingerprint density at radius 1 is 0.921 bits per heavy atom. The Labute approximate surface area is 216 Å². The number of benzene rings is 1. The van der Waals surface area contributed by atoms with Crippen molar-refractivity contribution in [2.24, 2.45) is 0 Å². The minimum atomic E-state index is -4.49. The van der Waals surface area contributed by atoms with Crippen molar-refractivity contribution in [2.75, 3.05) is 17.7 Å². The predicted molar refractivity (Wildman–Crippen MR) is 136 cm³/mol. The van der Waals surface area contributed by atoms with Crippen molar-refractivity contribution < 1.29 is 27.2 Å². The molecule has 38 heavy (non-hydrogen) atoms. The summed E-state index contributed by atoms with van der Waals surface area (Å²) in [6.07, 6.45) is 0.144. The fraction of sp³-hybridized carbons (Fsp3) is 0.148. The van der Waals surface area contributed by atoms with Crippen molar-refractivity contribution in [1.82, 2.24) is 15.0 Å². The molecule has 0 radical (unpaired) electrons. The highest BCUT2D eigenvalue weighted by Crippen LogP contribution is 2.31. The van der Waals surface area contributed by atoms with E-state index in [0.29, 0.717) is 23.9 Å². The molecule has 0 aliphatic rings. The standard InChI is InChI=1S/C20H19FN4O.C7H4F3NO/c1-12-8-17(21)19(22-3)11-16(12)14-4-6-23-18(9-14)15-5-7-24-20(10-15)25-13(2)26;8-7(9,10)6-3-5(4-12)1-2-11-6/h4-11,22H,1-3H3,(H,24,25,26);1-4H. The Balaban J connectivity index is 0.000000279. The van der Waals surface area contributed by atoms with Crippen LogP contribution in [0.5, 0.6) is 0 Å². The molecule has 3 aromatic heterocycles. The normalized spacial score (nSPS) is 10.7. The van der Waals surface area contributed by atoms with Gasteiger partial charge in [-0.05, 0) is 72.1 Å². The molecule has 11 heteroatoms. The van der Waals surface area contributed by atoms with Gasteiger partial charge in [-0.25, -0.2) is 9.37 Å². The number of alkyl halides is 3. The molecule has 4 rings (SSSR count). The summed E-state index contributed by atoms with van der Waals surface area (Å²) < 4.78 is 49.7. The third kappa shape index (κ3) is 7.19. The molecule has 3 heterocycles. The molecule has 0 saturated heterocycles. The number of aromatic nitrogens is 3. The number of carbonyl (C=O) groups is 2. The lowest BCUT2D eigenvalue weighted by Crippen LogP contribution is -2.07. The summed E-state index contributed by atoms with van der Waals surface area (Å²) in [5, 5.41) is 5.53. The number of hydrogen-bond acceptors (Lipinski definition) is 6. The largest absolute Gasteiger partial charge is 0.433 e. The molecule has 0 saturated carbocycles. The first-order valence-electron chi connectivity index (χ1n) is 11.2. The second-order valence-corrected chi connectivity index (χ2v) is 8.03. The molecule has 0 fully saturated rings. The van der Waals surface area contributed by atoms with Crippen LogP contribution in [0.1, 0.15) is 28.5 Å². The van der Waals surface area contributed by atoms with Crippen LogP contribution in [0.3, 0.4) is 0 Å². The Kier molecular flexibility index (Phi) is 8.85. The first-order valence-corrected chi connectivity index (χ1v) is 11.2. The number of anilines is 2. The molecule has 0 unspecified atom stereocenters. The van der Waals surface area contributed by atoms with Gasteiger partial charge in [0, 0.05) is 43.7 Å². The summed E-state index contributed by atoms with van der Waals surface area (Å²) in [6.45, 7) is 3.31. The minimum Gasteiger partial charge on any atom is -0.386 e. The fourth-order valence-corrected chi connectivity index (χ4v) is 3.45. The summed E-state index contributed by atoms with van der Waals surface area (Å²) in [5.74, 6) is 0.00707. The Morgan fingerprint density at radius 3 is 2.26 bits per heavy atom. The van der Waals surface area contributed by atoms with Crippen molar-refractivity contribution >= 4 is 23.7 Å². The Bertz CT molecular complexity index is 1460. The van der Waals surface area contributed by atoms with Crippen LogP contribution in [0, 0.1) is 12.7 Å². The van der Waals surface area contributed by atoms with Crippen molar-refractivity contribution in [3.05, 3.63) is 89.8 Å². The molecule has 4 aromatic rings. The quantitative estimate of drug-likeness (QED) is 0.239. The van der Waals surface area contributed by atoms with Crippen molar-refractivity contribution in [2.45, 2.75) is 20.0 Å². The predicted octanol–water partition coefficient (Wildman–Crippen LogP) is 6.17. The average molecular weight is 526 g/mol. The second-order valence-electron chi connectivity index (χ2n) is 8.03. The van der Waals surface area contributed by atoms with Crippen molar-refractivity contribution in [3.63, 3.8) is 0 Å². The van der Waals surface area contributed by atoms with Crippen molar-refractivity contribution in [1.29, 1.82) is 0 Å². The van der Waals surface area contributed by atoms with E-state index >= 15 is 0 Å². The molecule has 0 spiro atoms. The topological polar surface area (TPSA) is 96.9 Å². The number of aldehydes is 1. The maximum absolute atomic E-state index is 13.9. The maximum atomic E-state index is 13.9. The maximum Gasteiger partial charge on any atom is 0.433 e. The van der Waals surface area contributed by atoms with Gasteiger partial charge in [-0.1, -0.05) is 0 Å². The number of amides is 1. The highest BCUT2D eigenvalue weighted by molar-refractivity contribution is 5.88. The van der Waals surface area contributed by atoms with Crippen LogP contribution in [0.25, 0.3) is 22.4 Å². The van der Waals surface area contributed by atoms with Crippen LogP contribution in [0.15, 0.2) is 67.1 Å². The Morgan fingerprint density at radius 2 is 1.61 bits per heavy atom. The van der Waals surface area contributed by atoms with E-state index in [0.717, 1.165) is 34.1 Å². The molecule has 0 atom stereocenters. The van der Waals surface area contributed by atoms with Gasteiger partial charge in [-0.2, -0.15) is 13.2 Å². The van der Waals surface area contributed by atoms with Crippen LogP contribution >= 0.6 is 0 Å². The molecule has 0 bridgehead atoms. The van der Waals surface area contributed by atoms with Gasteiger partial charge in [0.1, 0.15) is 23.6 Å². The molecular formula is C27H23F4N5O2. The van der Waals surface area contributed by atoms with Crippen LogP contribution in [-0.2, 0) is 11.0 Å². The molecular weight excluding hydrogens is 502 g/mol. The van der Waals surface area contributed by atoms with E-state index in [-0.39, 0.29) is 17.3 Å². The lowest BCUT2D eigenvalue weighted by molar-refractivity contribution is -0.141. The highest BCUT2D eigenvalue weighted by atomic mass is 19.4. The second kappa shape index (κ2) is 12.0. The number of rotatable bonds is 5. The number of pyridine rings is 3. The lowest BCUT2D eigenvalue weighted by Gasteiger charge is -2.12. The smallest absolute Gasteiger partial charge is 0.386 e. The average Bonchev–Trinajstić information content (AvgIpc) is 2.88. The summed E-state index contributed by atoms with van der Waals surface area (Å²) >= 11 is 0. The summed E-state index contributed by atoms with van der Waals surface area (Å²) in [6, 6.07) is 12.6. The lowest BCUT2D eigenvalue weighted by atomic mass is 9.98. The van der Waals surface area contributed by atoms with Gasteiger partial charge in [0.2, 0.25) is 5.91 Å². The van der Waals surface area contributed by atoms with Gasteiger partial charge in [0.15, 0.2) is 0 Å². The van der Waals surface area contributed by atoms with Gasteiger partial charge in [-0.3, -0.25) is 19.6 Å². The molecule has 0 aliphatic heterocycles. The van der Waals surface area contributed by atoms with E-state index in [1.807, 2.05) is 25.1 Å². The number of carbonyl (C=O) groups excluding carboxylic acids is 2. The zero-order valence-electron chi connectivity index (χ0n) is 20.6. The van der Waals surface area contributed by atoms with Crippen LogP contribution < -0.4 is 10.6 Å². The van der Waals surface area contributed by atoms with Gasteiger partial charge in [0.25, 0.3) is 0 Å². The number of halogens is 4. The summed E-state index contributed by atoms with van der Waals surface area (Å²) in [5.41, 5.74) is 3.64. The van der Waals surface area contributed by atoms with E-state index in [4.69, 9.17) is 0 Å². The summed E-state index contributed by atoms with van der Waals surface area (Å²) in [4.78, 5) is 32.9. The van der Waals surface area contributed by atoms with E-state index in [2.05, 4.69) is 25.6 Å². The summed E-state index contributed by atoms with van der Waals surface area (Å²) in [7, 11) is 1.69. The number of nitrogens with zero attached hydrogens (tertiary/aromatic N) is 3. The van der Waals surface area contributed by atoms with Crippen molar-refractivity contribution in [3.8, 4) is 22.4 Å². The minimum absolute atomic E-state index is 0.0303. The highest BCUT2D eigenvalue weighted by Gasteiger charge is 2.32. The first-order chi connectivity index (χ1) is 18.0. The molecule has 1 aromatic carbocycles. The third-order valence-corrected chi connectivity index (χ3v) is 5.22. The molecule has 196 valence electrons. The van der Waals surface area contributed by atoms with E-state index < -0.39 is 11.9 Å². The zero-order chi connectivity index (χ0) is 27.9. The van der Waals surface area contributed by atoms with Crippen LogP contribution in [0.2, 0.25) is 0 Å². The van der Waals surface area contributed by atoms with E-state index in [9.17, 15) is 27.2 Å². The fourth-order valence-electron chi connectivity index (χ4n) is 3.45. The zero-order valence-corrected chi connectivity index (χ0v) is 20.6. The molecule has 2 N–H and O–H groups in total. The molecule has 0 aliphatic carbocycles. The van der Waals surface area contributed by atoms with Gasteiger partial charge >= 0.3 is 6.18 Å². The van der Waals surface area contributed by atoms with Gasteiger partial charge in [-0.15, -0.1) is 0 Å². The third-order valence-electron chi connectivity index (χ3n) is 5.22.